The van der Waals surface area contributed by atoms with E-state index >= 15 is 0 Å². The summed E-state index contributed by atoms with van der Waals surface area (Å²) in [6.45, 7) is 0.490. The van der Waals surface area contributed by atoms with Crippen molar-refractivity contribution in [3.63, 3.8) is 0 Å². The van der Waals surface area contributed by atoms with Crippen LogP contribution in [0.4, 0.5) is 13.2 Å². The summed E-state index contributed by atoms with van der Waals surface area (Å²) < 4.78 is 43.5. The number of aromatic amines is 1. The van der Waals surface area contributed by atoms with Crippen LogP contribution in [0.3, 0.4) is 0 Å². The van der Waals surface area contributed by atoms with Gasteiger partial charge in [-0.3, -0.25) is 14.6 Å². The van der Waals surface area contributed by atoms with E-state index in [1.54, 1.807) is 53.3 Å². The van der Waals surface area contributed by atoms with Crippen molar-refractivity contribution in [1.29, 1.82) is 0 Å². The smallest absolute Gasteiger partial charge is 0.417 e. The molecule has 182 valence electrons. The Hall–Kier alpha value is -4.40. The molecule has 0 amide bonds. The molecule has 0 saturated carbocycles. The molecule has 3 aromatic carbocycles. The minimum atomic E-state index is -4.52. The molecule has 0 aliphatic carbocycles. The van der Waals surface area contributed by atoms with Gasteiger partial charge in [-0.05, 0) is 41.8 Å². The molecular weight excluding hydrogens is 469 g/mol. The number of aliphatic carboxylic acids is 1. The lowest BCUT2D eigenvalue weighted by atomic mass is 9.96. The summed E-state index contributed by atoms with van der Waals surface area (Å²) in [5, 5.41) is 21.2. The minimum Gasteiger partial charge on any atom is -0.481 e. The molecule has 0 atom stereocenters. The van der Waals surface area contributed by atoms with Gasteiger partial charge in [-0.1, -0.05) is 48.5 Å². The number of H-pyrrole nitrogens is 1. The minimum absolute atomic E-state index is 0.0682. The highest BCUT2D eigenvalue weighted by Crippen LogP contribution is 2.39. The number of aryl methyl sites for hydroxylation is 1. The van der Waals surface area contributed by atoms with Gasteiger partial charge in [0.15, 0.2) is 0 Å². The Morgan fingerprint density at radius 2 is 1.72 bits per heavy atom. The molecule has 2 aromatic heterocycles. The highest BCUT2D eigenvalue weighted by molar-refractivity contribution is 5.84. The van der Waals surface area contributed by atoms with Crippen LogP contribution in [-0.4, -0.2) is 31.1 Å². The third kappa shape index (κ3) is 4.72. The number of aromatic nitrogens is 4. The van der Waals surface area contributed by atoms with Crippen molar-refractivity contribution in [2.45, 2.75) is 25.6 Å². The van der Waals surface area contributed by atoms with Gasteiger partial charge in [0.25, 0.3) is 0 Å². The SMILES string of the molecule is O=C(O)CCCn1ncc2cc(-c3cc(-c4ccc(-c5ccccc5)c(C(F)(F)F)c4)n[nH]3)ccc21. The third-order valence-electron chi connectivity index (χ3n) is 6.00. The summed E-state index contributed by atoms with van der Waals surface area (Å²) in [6, 6.07) is 20.1. The Kier molecular flexibility index (Phi) is 6.05. The molecular formula is C27H21F3N4O2. The van der Waals surface area contributed by atoms with E-state index in [0.29, 0.717) is 35.5 Å². The molecule has 0 fully saturated rings. The molecule has 5 rings (SSSR count). The van der Waals surface area contributed by atoms with Crippen molar-refractivity contribution in [1.82, 2.24) is 20.0 Å². The fourth-order valence-electron chi connectivity index (χ4n) is 4.24. The number of carboxylic acids is 1. The Labute approximate surface area is 204 Å². The molecule has 0 radical (unpaired) electrons. The highest BCUT2D eigenvalue weighted by Gasteiger charge is 2.34. The molecule has 0 saturated heterocycles. The number of carbonyl (C=O) groups is 1. The van der Waals surface area contributed by atoms with Gasteiger partial charge in [0.05, 0.1) is 28.7 Å². The van der Waals surface area contributed by atoms with Gasteiger partial charge in [-0.2, -0.15) is 23.4 Å². The summed E-state index contributed by atoms with van der Waals surface area (Å²) >= 11 is 0. The second-order valence-electron chi connectivity index (χ2n) is 8.43. The van der Waals surface area contributed by atoms with Gasteiger partial charge in [0.1, 0.15) is 0 Å². The van der Waals surface area contributed by atoms with Crippen molar-refractivity contribution >= 4 is 16.9 Å². The predicted octanol–water partition coefficient (Wildman–Crippen LogP) is 6.64. The topological polar surface area (TPSA) is 83.8 Å². The van der Waals surface area contributed by atoms with E-state index in [0.717, 1.165) is 22.5 Å². The first-order valence-corrected chi connectivity index (χ1v) is 11.3. The number of hydrogen-bond donors (Lipinski definition) is 2. The van der Waals surface area contributed by atoms with Crippen LogP contribution >= 0.6 is 0 Å². The summed E-state index contributed by atoms with van der Waals surface area (Å²) in [5.74, 6) is -0.846. The first-order chi connectivity index (χ1) is 17.3. The average molecular weight is 490 g/mol. The normalized spacial score (nSPS) is 11.8. The highest BCUT2D eigenvalue weighted by atomic mass is 19.4. The van der Waals surface area contributed by atoms with E-state index in [1.165, 1.54) is 6.07 Å². The van der Waals surface area contributed by atoms with Crippen molar-refractivity contribution in [3.8, 4) is 33.6 Å². The average Bonchev–Trinajstić information content (AvgIpc) is 3.51. The number of nitrogens with zero attached hydrogens (tertiary/aromatic N) is 3. The second-order valence-corrected chi connectivity index (χ2v) is 8.43. The number of fused-ring (bicyclic) bond motifs is 1. The molecule has 0 bridgehead atoms. The summed E-state index contributed by atoms with van der Waals surface area (Å²) in [6.07, 6.45) is -2.27. The van der Waals surface area contributed by atoms with Crippen molar-refractivity contribution in [2.75, 3.05) is 0 Å². The monoisotopic (exact) mass is 490 g/mol. The number of halogens is 3. The number of rotatable bonds is 7. The number of hydrogen-bond acceptors (Lipinski definition) is 3. The number of nitrogens with one attached hydrogen (secondary N) is 1. The van der Waals surface area contributed by atoms with Crippen LogP contribution in [-0.2, 0) is 17.5 Å². The van der Waals surface area contributed by atoms with Crippen molar-refractivity contribution in [3.05, 3.63) is 84.6 Å². The fraction of sp³-hybridized carbons (Fsp3) is 0.148. The first kappa shape index (κ1) is 23.3. The summed E-state index contributed by atoms with van der Waals surface area (Å²) in [7, 11) is 0. The van der Waals surface area contributed by atoms with Crippen molar-refractivity contribution < 1.29 is 23.1 Å². The van der Waals surface area contributed by atoms with Gasteiger partial charge in [-0.25, -0.2) is 0 Å². The molecule has 2 N–H and O–H groups in total. The first-order valence-electron chi connectivity index (χ1n) is 11.3. The van der Waals surface area contributed by atoms with E-state index in [-0.39, 0.29) is 12.0 Å². The fourth-order valence-corrected chi connectivity index (χ4v) is 4.24. The zero-order valence-electron chi connectivity index (χ0n) is 19.0. The molecule has 0 aliphatic heterocycles. The van der Waals surface area contributed by atoms with Crippen LogP contribution in [0.5, 0.6) is 0 Å². The molecule has 6 nitrogen and oxygen atoms in total. The maximum atomic E-state index is 13.9. The van der Waals surface area contributed by atoms with Gasteiger partial charge in [0.2, 0.25) is 0 Å². The predicted molar refractivity (Wildman–Crippen MR) is 130 cm³/mol. The van der Waals surface area contributed by atoms with Crippen LogP contribution in [0.15, 0.2) is 79.0 Å². The largest absolute Gasteiger partial charge is 0.481 e. The molecule has 36 heavy (non-hydrogen) atoms. The van der Waals surface area contributed by atoms with E-state index in [1.807, 2.05) is 18.2 Å². The molecule has 9 heteroatoms. The molecule has 0 spiro atoms. The lowest BCUT2D eigenvalue weighted by Crippen LogP contribution is -2.07. The lowest BCUT2D eigenvalue weighted by molar-refractivity contribution is -0.138. The maximum absolute atomic E-state index is 13.9. The third-order valence-corrected chi connectivity index (χ3v) is 6.00. The van der Waals surface area contributed by atoms with Crippen LogP contribution in [0.1, 0.15) is 18.4 Å². The Balaban J connectivity index is 1.44. The number of benzene rings is 3. The zero-order chi connectivity index (χ0) is 25.3. The van der Waals surface area contributed by atoms with E-state index in [4.69, 9.17) is 5.11 Å². The molecule has 5 aromatic rings. The van der Waals surface area contributed by atoms with E-state index in [9.17, 15) is 18.0 Å². The molecule has 2 heterocycles. The van der Waals surface area contributed by atoms with Crippen LogP contribution in [0.25, 0.3) is 44.5 Å². The van der Waals surface area contributed by atoms with Crippen LogP contribution in [0, 0.1) is 0 Å². The van der Waals surface area contributed by atoms with E-state index in [2.05, 4.69) is 15.3 Å². The maximum Gasteiger partial charge on any atom is 0.417 e. The Morgan fingerprint density at radius 3 is 2.47 bits per heavy atom. The zero-order valence-corrected chi connectivity index (χ0v) is 19.0. The van der Waals surface area contributed by atoms with Crippen molar-refractivity contribution in [2.24, 2.45) is 0 Å². The number of alkyl halides is 3. The second kappa shape index (κ2) is 9.33. The van der Waals surface area contributed by atoms with Crippen LogP contribution < -0.4 is 0 Å². The van der Waals surface area contributed by atoms with Gasteiger partial charge < -0.3 is 5.11 Å². The summed E-state index contributed by atoms with van der Waals surface area (Å²) in [5.41, 5.74) is 3.00. The Bertz CT molecular complexity index is 1540. The van der Waals surface area contributed by atoms with Gasteiger partial charge in [-0.15, -0.1) is 0 Å². The lowest BCUT2D eigenvalue weighted by Gasteiger charge is -2.14. The Morgan fingerprint density at radius 1 is 0.944 bits per heavy atom. The molecule has 0 unspecified atom stereocenters. The molecule has 0 aliphatic rings. The summed E-state index contributed by atoms with van der Waals surface area (Å²) in [4.78, 5) is 10.8. The van der Waals surface area contributed by atoms with E-state index < -0.39 is 17.7 Å². The van der Waals surface area contributed by atoms with Gasteiger partial charge >= 0.3 is 12.1 Å². The quantitative estimate of drug-likeness (QED) is 0.268. The van der Waals surface area contributed by atoms with Gasteiger partial charge in [0, 0.05) is 29.5 Å². The standard InChI is InChI=1S/C27H21F3N4O2/c28-27(29,30)22-14-19(8-10-21(22)17-5-2-1-3-6-17)24-15-23(32-33-24)18-9-11-25-20(13-18)16-31-34(25)12-4-7-26(35)36/h1-3,5-6,8-11,13-16H,4,7,12H2,(H,32,33)(H,35,36). The van der Waals surface area contributed by atoms with Crippen LogP contribution in [0.2, 0.25) is 0 Å². The number of carboxylic acid groups (broad SMARTS) is 1.